The van der Waals surface area contributed by atoms with Crippen LogP contribution in [0.25, 0.3) is 0 Å². The van der Waals surface area contributed by atoms with Gasteiger partial charge < -0.3 is 20.2 Å². The molecule has 106 valence electrons. The summed E-state index contributed by atoms with van der Waals surface area (Å²) in [6, 6.07) is 2.64. The summed E-state index contributed by atoms with van der Waals surface area (Å²) in [5.74, 6) is -3.91. The second kappa shape index (κ2) is 4.84. The third-order valence-electron chi connectivity index (χ3n) is 3.30. The minimum absolute atomic E-state index is 0.00254. The van der Waals surface area contributed by atoms with E-state index in [1.165, 1.54) is 24.0 Å². The molecule has 0 saturated carbocycles. The molecule has 7 heteroatoms. The number of aromatic hydroxyl groups is 1. The highest BCUT2D eigenvalue weighted by Gasteiger charge is 2.35. The number of aliphatic carboxylic acids is 1. The number of carbonyl (C=O) groups is 3. The topological polar surface area (TPSA) is 115 Å². The summed E-state index contributed by atoms with van der Waals surface area (Å²) in [6.45, 7) is 1.51. The SMILES string of the molecule is Cc1cc(N2C[C@H](C(=O)O)CC2=O)cc(C(=O)O)c1O. The second-order valence-electron chi connectivity index (χ2n) is 4.71. The number of anilines is 1. The first-order valence-corrected chi connectivity index (χ1v) is 5.91. The van der Waals surface area contributed by atoms with Gasteiger partial charge >= 0.3 is 11.9 Å². The lowest BCUT2D eigenvalue weighted by Crippen LogP contribution is -2.26. The van der Waals surface area contributed by atoms with Crippen molar-refractivity contribution in [2.45, 2.75) is 13.3 Å². The molecule has 1 fully saturated rings. The lowest BCUT2D eigenvalue weighted by atomic mass is 10.1. The van der Waals surface area contributed by atoms with Gasteiger partial charge in [-0.05, 0) is 24.6 Å². The molecule has 0 bridgehead atoms. The summed E-state index contributed by atoms with van der Waals surface area (Å²) in [5.41, 5.74) is 0.282. The van der Waals surface area contributed by atoms with Crippen molar-refractivity contribution in [3.05, 3.63) is 23.3 Å². The average Bonchev–Trinajstić information content (AvgIpc) is 2.74. The number of nitrogens with zero attached hydrogens (tertiary/aromatic N) is 1. The van der Waals surface area contributed by atoms with Crippen LogP contribution in [-0.4, -0.2) is 39.7 Å². The number of rotatable bonds is 3. The lowest BCUT2D eigenvalue weighted by Gasteiger charge is -2.18. The largest absolute Gasteiger partial charge is 0.507 e. The molecule has 1 aromatic carbocycles. The maximum atomic E-state index is 11.8. The zero-order valence-electron chi connectivity index (χ0n) is 10.7. The van der Waals surface area contributed by atoms with Crippen LogP contribution in [0.1, 0.15) is 22.3 Å². The van der Waals surface area contributed by atoms with Crippen molar-refractivity contribution in [1.82, 2.24) is 0 Å². The molecule has 1 aliphatic heterocycles. The van der Waals surface area contributed by atoms with E-state index in [0.29, 0.717) is 5.56 Å². The number of phenols is 1. The van der Waals surface area contributed by atoms with E-state index < -0.39 is 17.9 Å². The summed E-state index contributed by atoms with van der Waals surface area (Å²) in [6.07, 6.45) is -0.113. The molecule has 3 N–H and O–H groups in total. The van der Waals surface area contributed by atoms with Gasteiger partial charge in [0.15, 0.2) is 0 Å². The van der Waals surface area contributed by atoms with Crippen LogP contribution < -0.4 is 4.90 Å². The highest BCUT2D eigenvalue weighted by molar-refractivity contribution is 6.01. The Hall–Kier alpha value is -2.57. The fourth-order valence-corrected chi connectivity index (χ4v) is 2.20. The lowest BCUT2D eigenvalue weighted by molar-refractivity contribution is -0.141. The van der Waals surface area contributed by atoms with Gasteiger partial charge in [0.1, 0.15) is 11.3 Å². The van der Waals surface area contributed by atoms with E-state index in [1.807, 2.05) is 0 Å². The number of aryl methyl sites for hydroxylation is 1. The molecule has 0 radical (unpaired) electrons. The molecule has 0 aliphatic carbocycles. The molecule has 0 aromatic heterocycles. The zero-order valence-corrected chi connectivity index (χ0v) is 10.7. The van der Waals surface area contributed by atoms with Crippen LogP contribution in [0.3, 0.4) is 0 Å². The molecule has 1 atom stereocenters. The third-order valence-corrected chi connectivity index (χ3v) is 3.30. The van der Waals surface area contributed by atoms with Crippen LogP contribution in [0.2, 0.25) is 0 Å². The Morgan fingerprint density at radius 2 is 1.95 bits per heavy atom. The van der Waals surface area contributed by atoms with Crippen molar-refractivity contribution >= 4 is 23.5 Å². The van der Waals surface area contributed by atoms with Crippen LogP contribution in [-0.2, 0) is 9.59 Å². The fourth-order valence-electron chi connectivity index (χ4n) is 2.20. The fraction of sp³-hybridized carbons (Fsp3) is 0.308. The van der Waals surface area contributed by atoms with Crippen molar-refractivity contribution in [2.24, 2.45) is 5.92 Å². The smallest absolute Gasteiger partial charge is 0.339 e. The van der Waals surface area contributed by atoms with E-state index in [0.717, 1.165) is 0 Å². The maximum absolute atomic E-state index is 11.8. The summed E-state index contributed by atoms with van der Waals surface area (Å²) < 4.78 is 0. The first kappa shape index (κ1) is 13.9. The highest BCUT2D eigenvalue weighted by atomic mass is 16.4. The van der Waals surface area contributed by atoms with Crippen molar-refractivity contribution in [2.75, 3.05) is 11.4 Å². The Morgan fingerprint density at radius 1 is 1.30 bits per heavy atom. The van der Waals surface area contributed by atoms with Crippen molar-refractivity contribution in [3.8, 4) is 5.75 Å². The van der Waals surface area contributed by atoms with Crippen molar-refractivity contribution < 1.29 is 29.7 Å². The Labute approximate surface area is 114 Å². The second-order valence-corrected chi connectivity index (χ2v) is 4.71. The molecule has 2 rings (SSSR count). The monoisotopic (exact) mass is 279 g/mol. The molecular weight excluding hydrogens is 266 g/mol. The number of carbonyl (C=O) groups excluding carboxylic acids is 1. The quantitative estimate of drug-likeness (QED) is 0.755. The number of amides is 1. The van der Waals surface area contributed by atoms with E-state index in [1.54, 1.807) is 0 Å². The number of carboxylic acids is 2. The molecule has 20 heavy (non-hydrogen) atoms. The predicted octanol–water partition coefficient (Wildman–Crippen LogP) is 0.836. The summed E-state index contributed by atoms with van der Waals surface area (Å²) in [7, 11) is 0. The first-order valence-electron chi connectivity index (χ1n) is 5.91. The summed E-state index contributed by atoms with van der Waals surface area (Å²) in [5, 5.41) is 27.6. The van der Waals surface area contributed by atoms with Gasteiger partial charge in [0, 0.05) is 18.7 Å². The van der Waals surface area contributed by atoms with E-state index in [-0.39, 0.29) is 35.9 Å². The highest BCUT2D eigenvalue weighted by Crippen LogP contribution is 2.32. The van der Waals surface area contributed by atoms with Crippen LogP contribution in [0.4, 0.5) is 5.69 Å². The zero-order chi connectivity index (χ0) is 15.0. The van der Waals surface area contributed by atoms with Crippen LogP contribution in [0.15, 0.2) is 12.1 Å². The molecule has 0 unspecified atom stereocenters. The average molecular weight is 279 g/mol. The third kappa shape index (κ3) is 2.29. The molecule has 1 saturated heterocycles. The minimum Gasteiger partial charge on any atom is -0.507 e. The molecular formula is C13H13NO6. The summed E-state index contributed by atoms with van der Waals surface area (Å²) >= 11 is 0. The van der Waals surface area contributed by atoms with Gasteiger partial charge in [0.05, 0.1) is 5.92 Å². The van der Waals surface area contributed by atoms with Gasteiger partial charge in [-0.3, -0.25) is 9.59 Å². The number of hydrogen-bond acceptors (Lipinski definition) is 4. The number of carboxylic acid groups (broad SMARTS) is 2. The normalized spacial score (nSPS) is 18.4. The van der Waals surface area contributed by atoms with E-state index in [2.05, 4.69) is 0 Å². The van der Waals surface area contributed by atoms with Crippen LogP contribution >= 0.6 is 0 Å². The molecule has 1 amide bonds. The molecule has 1 heterocycles. The van der Waals surface area contributed by atoms with E-state index >= 15 is 0 Å². The van der Waals surface area contributed by atoms with Gasteiger partial charge in [0.2, 0.25) is 5.91 Å². The first-order chi connectivity index (χ1) is 9.31. The van der Waals surface area contributed by atoms with E-state index in [4.69, 9.17) is 10.2 Å². The van der Waals surface area contributed by atoms with Crippen LogP contribution in [0.5, 0.6) is 5.75 Å². The number of aromatic carboxylic acids is 1. The van der Waals surface area contributed by atoms with Crippen LogP contribution in [0, 0.1) is 12.8 Å². The Kier molecular flexibility index (Phi) is 3.35. The van der Waals surface area contributed by atoms with Gasteiger partial charge in [-0.25, -0.2) is 4.79 Å². The van der Waals surface area contributed by atoms with Gasteiger partial charge in [-0.2, -0.15) is 0 Å². The van der Waals surface area contributed by atoms with Gasteiger partial charge in [0.25, 0.3) is 0 Å². The minimum atomic E-state index is -1.31. The Morgan fingerprint density at radius 3 is 2.45 bits per heavy atom. The molecule has 0 spiro atoms. The summed E-state index contributed by atoms with van der Waals surface area (Å²) in [4.78, 5) is 35.0. The van der Waals surface area contributed by atoms with Crippen molar-refractivity contribution in [3.63, 3.8) is 0 Å². The number of hydrogen-bond donors (Lipinski definition) is 3. The Bertz CT molecular complexity index is 609. The maximum Gasteiger partial charge on any atom is 0.339 e. The number of benzene rings is 1. The molecule has 1 aromatic rings. The van der Waals surface area contributed by atoms with Gasteiger partial charge in [-0.15, -0.1) is 0 Å². The van der Waals surface area contributed by atoms with Gasteiger partial charge in [-0.1, -0.05) is 0 Å². The van der Waals surface area contributed by atoms with Crippen molar-refractivity contribution in [1.29, 1.82) is 0 Å². The Balaban J connectivity index is 2.41. The molecule has 7 nitrogen and oxygen atoms in total. The predicted molar refractivity (Wildman–Crippen MR) is 67.9 cm³/mol. The standard InChI is InChI=1S/C13H13NO6/c1-6-2-8(4-9(11(6)16)13(19)20)14-5-7(12(17)18)3-10(14)15/h2,4,7,16H,3,5H2,1H3,(H,17,18)(H,19,20)/t7-/m1/s1. The molecule has 1 aliphatic rings. The van der Waals surface area contributed by atoms with E-state index in [9.17, 15) is 19.5 Å².